The molecule has 1 aliphatic rings. The van der Waals surface area contributed by atoms with Crippen molar-refractivity contribution >= 4 is 10.3 Å². The van der Waals surface area contributed by atoms with Crippen molar-refractivity contribution in [1.29, 1.82) is 0 Å². The Morgan fingerprint density at radius 2 is 2.15 bits per heavy atom. The molecule has 3 atom stereocenters. The minimum absolute atomic E-state index is 0.00958. The van der Waals surface area contributed by atoms with Gasteiger partial charge in [0.25, 0.3) is 0 Å². The molecule has 0 unspecified atom stereocenters. The first kappa shape index (κ1) is 10.9. The summed E-state index contributed by atoms with van der Waals surface area (Å²) in [7, 11) is -3.86. The summed E-state index contributed by atoms with van der Waals surface area (Å²) in [5.41, 5.74) is 0. The second kappa shape index (κ2) is 3.91. The Hall–Kier alpha value is -0.170. The molecule has 0 radical (unpaired) electrons. The molecule has 0 bridgehead atoms. The van der Waals surface area contributed by atoms with Gasteiger partial charge in [0.15, 0.2) is 0 Å². The molecule has 3 N–H and O–H groups in total. The van der Waals surface area contributed by atoms with Crippen LogP contribution in [0.15, 0.2) is 0 Å². The maximum absolute atomic E-state index is 10.5. The van der Waals surface area contributed by atoms with Crippen molar-refractivity contribution in [1.82, 2.24) is 0 Å². The molecule has 1 rings (SSSR count). The van der Waals surface area contributed by atoms with Gasteiger partial charge in [-0.15, -0.1) is 0 Å². The SMILES string of the molecule is C[C@H]1CC[C@H](COS(N)(=O)=O)[C@H]1O. The summed E-state index contributed by atoms with van der Waals surface area (Å²) in [6, 6.07) is 0. The molecular weight excluding hydrogens is 194 g/mol. The third kappa shape index (κ3) is 3.22. The number of nitrogens with two attached hydrogens (primary N) is 1. The third-order valence-corrected chi connectivity index (χ3v) is 2.97. The van der Waals surface area contributed by atoms with Crippen LogP contribution in [0.5, 0.6) is 0 Å². The van der Waals surface area contributed by atoms with Crippen LogP contribution in [0.1, 0.15) is 19.8 Å². The quantitative estimate of drug-likeness (QED) is 0.662. The van der Waals surface area contributed by atoms with Gasteiger partial charge < -0.3 is 5.11 Å². The van der Waals surface area contributed by atoms with Gasteiger partial charge in [0.05, 0.1) is 12.7 Å². The molecule has 6 heteroatoms. The number of aliphatic hydroxyl groups is 1. The van der Waals surface area contributed by atoms with Crippen molar-refractivity contribution in [2.45, 2.75) is 25.9 Å². The van der Waals surface area contributed by atoms with Crippen LogP contribution in [0.4, 0.5) is 0 Å². The lowest BCUT2D eigenvalue weighted by Crippen LogP contribution is -2.26. The van der Waals surface area contributed by atoms with Crippen LogP contribution in [-0.2, 0) is 14.5 Å². The number of aliphatic hydroxyl groups excluding tert-OH is 1. The molecule has 0 heterocycles. The predicted molar refractivity (Wildman–Crippen MR) is 47.0 cm³/mol. The maximum Gasteiger partial charge on any atom is 0.333 e. The second-order valence-electron chi connectivity index (χ2n) is 3.58. The van der Waals surface area contributed by atoms with Crippen LogP contribution in [0.25, 0.3) is 0 Å². The summed E-state index contributed by atoms with van der Waals surface area (Å²) in [5, 5.41) is 14.2. The molecular formula is C7H15NO4S. The molecule has 0 spiro atoms. The van der Waals surface area contributed by atoms with Gasteiger partial charge >= 0.3 is 10.3 Å². The second-order valence-corrected chi connectivity index (χ2v) is 4.80. The van der Waals surface area contributed by atoms with E-state index in [-0.39, 0.29) is 18.4 Å². The molecule has 0 aromatic heterocycles. The van der Waals surface area contributed by atoms with E-state index in [2.05, 4.69) is 9.32 Å². The Bertz CT molecular complexity index is 264. The Morgan fingerprint density at radius 1 is 1.54 bits per heavy atom. The van der Waals surface area contributed by atoms with Crippen molar-refractivity contribution in [3.63, 3.8) is 0 Å². The maximum atomic E-state index is 10.5. The molecule has 78 valence electrons. The molecule has 0 aliphatic heterocycles. The summed E-state index contributed by atoms with van der Waals surface area (Å²) in [4.78, 5) is 0. The minimum atomic E-state index is -3.86. The van der Waals surface area contributed by atoms with Gasteiger partial charge in [0.1, 0.15) is 0 Å². The van der Waals surface area contributed by atoms with Gasteiger partial charge in [0, 0.05) is 5.92 Å². The van der Waals surface area contributed by atoms with E-state index in [0.29, 0.717) is 0 Å². The molecule has 1 aliphatic carbocycles. The first-order valence-corrected chi connectivity index (χ1v) is 5.72. The summed E-state index contributed by atoms with van der Waals surface area (Å²) in [5.74, 6) is 0.113. The van der Waals surface area contributed by atoms with Crippen LogP contribution in [0.3, 0.4) is 0 Å². The van der Waals surface area contributed by atoms with Crippen molar-refractivity contribution < 1.29 is 17.7 Å². The van der Waals surface area contributed by atoms with Gasteiger partial charge in [-0.05, 0) is 18.8 Å². The Balaban J connectivity index is 2.39. The van der Waals surface area contributed by atoms with E-state index in [4.69, 9.17) is 0 Å². The lowest BCUT2D eigenvalue weighted by Gasteiger charge is -2.15. The predicted octanol–water partition coefficient (Wildman–Crippen LogP) is -0.387. The molecule has 0 saturated heterocycles. The van der Waals surface area contributed by atoms with Crippen LogP contribution >= 0.6 is 0 Å². The average Bonchev–Trinajstić information content (AvgIpc) is 2.29. The summed E-state index contributed by atoms with van der Waals surface area (Å²) in [6.45, 7) is 1.92. The van der Waals surface area contributed by atoms with Crippen molar-refractivity contribution in [3.8, 4) is 0 Å². The average molecular weight is 209 g/mol. The zero-order chi connectivity index (χ0) is 10.1. The molecule has 13 heavy (non-hydrogen) atoms. The van der Waals surface area contributed by atoms with Gasteiger partial charge in [0.2, 0.25) is 0 Å². The van der Waals surface area contributed by atoms with E-state index < -0.39 is 16.4 Å². The molecule has 1 saturated carbocycles. The highest BCUT2D eigenvalue weighted by Crippen LogP contribution is 2.31. The number of rotatable bonds is 3. The monoisotopic (exact) mass is 209 g/mol. The standard InChI is InChI=1S/C7H15NO4S/c1-5-2-3-6(7(5)9)4-12-13(8,10)11/h5-7,9H,2-4H2,1H3,(H2,8,10,11)/t5-,6+,7-/m0/s1. The highest BCUT2D eigenvalue weighted by atomic mass is 32.2. The van der Waals surface area contributed by atoms with E-state index in [1.807, 2.05) is 6.92 Å². The van der Waals surface area contributed by atoms with Crippen molar-refractivity contribution in [2.24, 2.45) is 17.0 Å². The Morgan fingerprint density at radius 3 is 2.54 bits per heavy atom. The van der Waals surface area contributed by atoms with Crippen LogP contribution in [0.2, 0.25) is 0 Å². The molecule has 5 nitrogen and oxygen atoms in total. The summed E-state index contributed by atoms with van der Waals surface area (Å²) < 4.78 is 25.3. The van der Waals surface area contributed by atoms with Crippen LogP contribution < -0.4 is 5.14 Å². The van der Waals surface area contributed by atoms with E-state index in [9.17, 15) is 13.5 Å². The topological polar surface area (TPSA) is 89.6 Å². The fourth-order valence-corrected chi connectivity index (χ4v) is 2.01. The van der Waals surface area contributed by atoms with Crippen molar-refractivity contribution in [3.05, 3.63) is 0 Å². The van der Waals surface area contributed by atoms with E-state index >= 15 is 0 Å². The van der Waals surface area contributed by atoms with Crippen molar-refractivity contribution in [2.75, 3.05) is 6.61 Å². The largest absolute Gasteiger partial charge is 0.392 e. The number of hydrogen-bond donors (Lipinski definition) is 2. The van der Waals surface area contributed by atoms with Gasteiger partial charge in [-0.3, -0.25) is 4.18 Å². The van der Waals surface area contributed by atoms with Gasteiger partial charge in [-0.2, -0.15) is 8.42 Å². The Labute approximate surface area is 78.1 Å². The fraction of sp³-hybridized carbons (Fsp3) is 1.00. The van der Waals surface area contributed by atoms with Gasteiger partial charge in [-0.25, -0.2) is 5.14 Å². The number of hydrogen-bond acceptors (Lipinski definition) is 4. The van der Waals surface area contributed by atoms with E-state index in [1.165, 1.54) is 0 Å². The first-order valence-electron chi connectivity index (χ1n) is 4.25. The zero-order valence-electron chi connectivity index (χ0n) is 7.51. The van der Waals surface area contributed by atoms with Crippen LogP contribution in [-0.4, -0.2) is 26.2 Å². The third-order valence-electron chi connectivity index (χ3n) is 2.51. The van der Waals surface area contributed by atoms with Crippen LogP contribution in [0, 0.1) is 11.8 Å². The fourth-order valence-electron chi connectivity index (χ4n) is 1.65. The summed E-state index contributed by atoms with van der Waals surface area (Å²) in [6.07, 6.45) is 1.22. The first-order chi connectivity index (χ1) is 5.90. The lowest BCUT2D eigenvalue weighted by molar-refractivity contribution is 0.0738. The molecule has 1 fully saturated rings. The van der Waals surface area contributed by atoms with E-state index in [0.717, 1.165) is 12.8 Å². The lowest BCUT2D eigenvalue weighted by atomic mass is 10.0. The molecule has 0 aromatic rings. The highest BCUT2D eigenvalue weighted by molar-refractivity contribution is 7.84. The smallest absolute Gasteiger partial charge is 0.333 e. The highest BCUT2D eigenvalue weighted by Gasteiger charge is 2.32. The van der Waals surface area contributed by atoms with E-state index in [1.54, 1.807) is 0 Å². The Kier molecular flexibility index (Phi) is 3.28. The molecule has 0 amide bonds. The summed E-state index contributed by atoms with van der Waals surface area (Å²) >= 11 is 0. The minimum Gasteiger partial charge on any atom is -0.392 e. The zero-order valence-corrected chi connectivity index (χ0v) is 8.33. The molecule has 0 aromatic carbocycles. The van der Waals surface area contributed by atoms with Gasteiger partial charge in [-0.1, -0.05) is 6.92 Å². The normalized spacial score (nSPS) is 35.2.